The van der Waals surface area contributed by atoms with E-state index >= 15 is 0 Å². The molecule has 0 saturated carbocycles. The zero-order valence-electron chi connectivity index (χ0n) is 12.3. The Bertz CT molecular complexity index is 492. The molecular weight excluding hydrogens is 306 g/mol. The van der Waals surface area contributed by atoms with E-state index in [0.29, 0.717) is 18.7 Å². The fourth-order valence-corrected chi connectivity index (χ4v) is 3.09. The topological polar surface area (TPSA) is 66.4 Å². The number of aryl methyl sites for hydroxylation is 2. The summed E-state index contributed by atoms with van der Waals surface area (Å²) in [5.74, 6) is 0.649. The average Bonchev–Trinajstić information content (AvgIpc) is 2.42. The Labute approximate surface area is 134 Å². The van der Waals surface area contributed by atoms with Crippen molar-refractivity contribution in [2.75, 3.05) is 23.8 Å². The van der Waals surface area contributed by atoms with E-state index < -0.39 is 5.97 Å². The summed E-state index contributed by atoms with van der Waals surface area (Å²) in [5.41, 5.74) is 2.54. The van der Waals surface area contributed by atoms with Gasteiger partial charge in [0, 0.05) is 29.4 Å². The second-order valence-electron chi connectivity index (χ2n) is 4.64. The molecule has 0 aliphatic rings. The third kappa shape index (κ3) is 8.02. The second-order valence-corrected chi connectivity index (χ2v) is 6.91. The van der Waals surface area contributed by atoms with Gasteiger partial charge < -0.3 is 10.4 Å². The van der Waals surface area contributed by atoms with Crippen molar-refractivity contribution in [1.82, 2.24) is 5.32 Å². The normalized spacial score (nSPS) is 10.4. The summed E-state index contributed by atoms with van der Waals surface area (Å²) >= 11 is 2.98. The minimum atomic E-state index is -0.823. The number of amides is 1. The molecule has 0 aliphatic carbocycles. The van der Waals surface area contributed by atoms with E-state index in [-0.39, 0.29) is 11.7 Å². The van der Waals surface area contributed by atoms with E-state index in [0.717, 1.165) is 5.75 Å². The molecule has 116 valence electrons. The SMILES string of the molecule is Cc1ccc(SCCC(=O)NCCSCC(=O)O)cc1C. The lowest BCUT2D eigenvalue weighted by Gasteiger charge is -2.06. The minimum absolute atomic E-state index is 0.0160. The summed E-state index contributed by atoms with van der Waals surface area (Å²) in [4.78, 5) is 23.1. The second kappa shape index (κ2) is 9.73. The number of rotatable bonds is 9. The zero-order valence-corrected chi connectivity index (χ0v) is 14.0. The van der Waals surface area contributed by atoms with Crippen LogP contribution in [-0.2, 0) is 9.59 Å². The predicted octanol–water partition coefficient (Wildman–Crippen LogP) is 2.72. The third-order valence-electron chi connectivity index (χ3n) is 2.87. The third-order valence-corrected chi connectivity index (χ3v) is 4.81. The van der Waals surface area contributed by atoms with E-state index in [1.807, 2.05) is 0 Å². The first kappa shape index (κ1) is 17.9. The molecule has 0 unspecified atom stereocenters. The van der Waals surface area contributed by atoms with Gasteiger partial charge in [0.05, 0.1) is 5.75 Å². The molecule has 0 fully saturated rings. The highest BCUT2D eigenvalue weighted by atomic mass is 32.2. The smallest absolute Gasteiger partial charge is 0.313 e. The van der Waals surface area contributed by atoms with E-state index in [1.165, 1.54) is 27.8 Å². The van der Waals surface area contributed by atoms with Crippen molar-refractivity contribution in [3.05, 3.63) is 29.3 Å². The van der Waals surface area contributed by atoms with Crippen molar-refractivity contribution in [3.63, 3.8) is 0 Å². The van der Waals surface area contributed by atoms with E-state index in [2.05, 4.69) is 37.4 Å². The molecule has 1 amide bonds. The molecule has 1 aromatic rings. The lowest BCUT2D eigenvalue weighted by molar-refractivity contribution is -0.133. The number of benzene rings is 1. The Morgan fingerprint density at radius 1 is 1.19 bits per heavy atom. The quantitative estimate of drug-likeness (QED) is 0.539. The lowest BCUT2D eigenvalue weighted by atomic mass is 10.1. The van der Waals surface area contributed by atoms with Gasteiger partial charge in [-0.05, 0) is 37.1 Å². The van der Waals surface area contributed by atoms with Gasteiger partial charge in [0.25, 0.3) is 0 Å². The van der Waals surface area contributed by atoms with Crippen LogP contribution in [0.5, 0.6) is 0 Å². The Morgan fingerprint density at radius 2 is 1.95 bits per heavy atom. The van der Waals surface area contributed by atoms with E-state index in [9.17, 15) is 9.59 Å². The maximum absolute atomic E-state index is 11.6. The Morgan fingerprint density at radius 3 is 2.62 bits per heavy atom. The highest BCUT2D eigenvalue weighted by Gasteiger charge is 2.03. The Balaban J connectivity index is 2.13. The molecule has 0 atom stereocenters. The Hall–Kier alpha value is -1.14. The van der Waals surface area contributed by atoms with Crippen LogP contribution < -0.4 is 5.32 Å². The van der Waals surface area contributed by atoms with Crippen LogP contribution in [0.2, 0.25) is 0 Å². The first-order chi connectivity index (χ1) is 9.99. The highest BCUT2D eigenvalue weighted by Crippen LogP contribution is 2.21. The van der Waals surface area contributed by atoms with Crippen molar-refractivity contribution in [2.24, 2.45) is 0 Å². The lowest BCUT2D eigenvalue weighted by Crippen LogP contribution is -2.26. The summed E-state index contributed by atoms with van der Waals surface area (Å²) < 4.78 is 0. The van der Waals surface area contributed by atoms with Gasteiger partial charge in [-0.25, -0.2) is 0 Å². The number of carboxylic acids is 1. The van der Waals surface area contributed by atoms with Gasteiger partial charge >= 0.3 is 5.97 Å². The van der Waals surface area contributed by atoms with Crippen LogP contribution >= 0.6 is 23.5 Å². The number of nitrogens with one attached hydrogen (secondary N) is 1. The molecule has 0 saturated heterocycles. The van der Waals surface area contributed by atoms with Crippen molar-refractivity contribution in [3.8, 4) is 0 Å². The molecule has 1 aromatic carbocycles. The largest absolute Gasteiger partial charge is 0.481 e. The maximum atomic E-state index is 11.6. The van der Waals surface area contributed by atoms with E-state index in [1.54, 1.807) is 11.8 Å². The number of carbonyl (C=O) groups excluding carboxylic acids is 1. The molecule has 21 heavy (non-hydrogen) atoms. The molecule has 6 heteroatoms. The number of hydrogen-bond donors (Lipinski definition) is 2. The standard InChI is InChI=1S/C15H21NO3S2/c1-11-3-4-13(9-12(11)2)21-7-5-14(17)16-6-8-20-10-15(18)19/h3-4,9H,5-8,10H2,1-2H3,(H,16,17)(H,18,19). The zero-order chi connectivity index (χ0) is 15.7. The number of carboxylic acid groups (broad SMARTS) is 1. The molecule has 0 bridgehead atoms. The molecule has 0 aliphatic heterocycles. The van der Waals surface area contributed by atoms with Gasteiger partial charge in [-0.15, -0.1) is 23.5 Å². The van der Waals surface area contributed by atoms with Gasteiger partial charge in [-0.2, -0.15) is 0 Å². The van der Waals surface area contributed by atoms with Crippen molar-refractivity contribution in [1.29, 1.82) is 0 Å². The summed E-state index contributed by atoms with van der Waals surface area (Å²) in [6.45, 7) is 4.69. The monoisotopic (exact) mass is 327 g/mol. The maximum Gasteiger partial charge on any atom is 0.313 e. The molecule has 1 rings (SSSR count). The molecule has 0 aromatic heterocycles. The molecule has 4 nitrogen and oxygen atoms in total. The van der Waals surface area contributed by atoms with Crippen molar-refractivity contribution < 1.29 is 14.7 Å². The summed E-state index contributed by atoms with van der Waals surface area (Å²) in [7, 11) is 0. The minimum Gasteiger partial charge on any atom is -0.481 e. The first-order valence-corrected chi connectivity index (χ1v) is 8.89. The molecule has 2 N–H and O–H groups in total. The van der Waals surface area contributed by atoms with Crippen molar-refractivity contribution >= 4 is 35.4 Å². The predicted molar refractivity (Wildman–Crippen MR) is 89.2 cm³/mol. The van der Waals surface area contributed by atoms with E-state index in [4.69, 9.17) is 5.11 Å². The molecule has 0 spiro atoms. The van der Waals surface area contributed by atoms with Gasteiger partial charge in [0.15, 0.2) is 0 Å². The van der Waals surface area contributed by atoms with Crippen LogP contribution in [0.3, 0.4) is 0 Å². The summed E-state index contributed by atoms with van der Waals surface area (Å²) in [6.07, 6.45) is 0.473. The fourth-order valence-electron chi connectivity index (χ4n) is 1.58. The molecular formula is C15H21NO3S2. The van der Waals surface area contributed by atoms with Crippen LogP contribution in [0.1, 0.15) is 17.5 Å². The van der Waals surface area contributed by atoms with Crippen LogP contribution in [0.25, 0.3) is 0 Å². The van der Waals surface area contributed by atoms with Gasteiger partial charge in [0.1, 0.15) is 0 Å². The first-order valence-electron chi connectivity index (χ1n) is 6.75. The summed E-state index contributed by atoms with van der Waals surface area (Å²) in [6, 6.07) is 6.31. The van der Waals surface area contributed by atoms with Gasteiger partial charge in [-0.3, -0.25) is 9.59 Å². The van der Waals surface area contributed by atoms with Gasteiger partial charge in [-0.1, -0.05) is 6.07 Å². The summed E-state index contributed by atoms with van der Waals surface area (Å²) in [5, 5.41) is 11.3. The number of hydrogen-bond acceptors (Lipinski definition) is 4. The number of aliphatic carboxylic acids is 1. The van der Waals surface area contributed by atoms with Crippen LogP contribution in [0.4, 0.5) is 0 Å². The van der Waals surface area contributed by atoms with Crippen molar-refractivity contribution in [2.45, 2.75) is 25.2 Å². The van der Waals surface area contributed by atoms with Gasteiger partial charge in [0.2, 0.25) is 5.91 Å². The number of thioether (sulfide) groups is 2. The van der Waals surface area contributed by atoms with Crippen LogP contribution in [0, 0.1) is 13.8 Å². The van der Waals surface area contributed by atoms with Crippen LogP contribution in [0.15, 0.2) is 23.1 Å². The van der Waals surface area contributed by atoms with Crippen LogP contribution in [-0.4, -0.2) is 40.8 Å². The molecule has 0 heterocycles. The fraction of sp³-hybridized carbons (Fsp3) is 0.467. The Kier molecular flexibility index (Phi) is 8.30. The molecule has 0 radical (unpaired) electrons. The number of carbonyl (C=O) groups is 2. The highest BCUT2D eigenvalue weighted by molar-refractivity contribution is 8.00. The average molecular weight is 327 g/mol.